The zero-order valence-corrected chi connectivity index (χ0v) is 18.2. The van der Waals surface area contributed by atoms with Crippen molar-refractivity contribution in [3.05, 3.63) is 88.0 Å². The normalized spacial score (nSPS) is 14.9. The van der Waals surface area contributed by atoms with Crippen LogP contribution in [0.4, 0.5) is 5.69 Å². The quantitative estimate of drug-likeness (QED) is 0.407. The Balaban J connectivity index is 1.70. The first kappa shape index (κ1) is 21.8. The van der Waals surface area contributed by atoms with E-state index in [1.165, 1.54) is 33.3 Å². The van der Waals surface area contributed by atoms with E-state index >= 15 is 0 Å². The molecule has 0 fully saturated rings. The maximum atomic E-state index is 12.3. The number of nitro groups is 1. The molecule has 1 aliphatic rings. The van der Waals surface area contributed by atoms with Gasteiger partial charge in [0.25, 0.3) is 5.69 Å². The molecular weight excluding hydrogens is 426 g/mol. The summed E-state index contributed by atoms with van der Waals surface area (Å²) in [7, 11) is 2.80. The van der Waals surface area contributed by atoms with Crippen molar-refractivity contribution in [3.63, 3.8) is 0 Å². The number of benzene rings is 3. The zero-order chi connectivity index (χ0) is 23.5. The Hall–Kier alpha value is -4.40. The van der Waals surface area contributed by atoms with Crippen LogP contribution >= 0.6 is 0 Å². The molecule has 0 unspecified atom stereocenters. The summed E-state index contributed by atoms with van der Waals surface area (Å²) >= 11 is 0. The van der Waals surface area contributed by atoms with Gasteiger partial charge in [-0.3, -0.25) is 14.9 Å². The van der Waals surface area contributed by atoms with E-state index < -0.39 is 17.1 Å². The predicted octanol–water partition coefficient (Wildman–Crippen LogP) is 4.52. The molecule has 3 aromatic carbocycles. The van der Waals surface area contributed by atoms with Gasteiger partial charge in [0.15, 0.2) is 11.5 Å². The smallest absolute Gasteiger partial charge is 0.282 e. The fourth-order valence-corrected chi connectivity index (χ4v) is 3.56. The van der Waals surface area contributed by atoms with E-state index in [0.717, 1.165) is 16.1 Å². The summed E-state index contributed by atoms with van der Waals surface area (Å²) in [6.45, 7) is 1.31. The van der Waals surface area contributed by atoms with Crippen molar-refractivity contribution in [1.82, 2.24) is 5.01 Å². The number of nitro benzene ring substituents is 1. The number of hydrazone groups is 1. The van der Waals surface area contributed by atoms with Crippen LogP contribution in [0.25, 0.3) is 11.1 Å². The van der Waals surface area contributed by atoms with Crippen molar-refractivity contribution in [2.75, 3.05) is 14.2 Å². The zero-order valence-electron chi connectivity index (χ0n) is 18.2. The third-order valence-electron chi connectivity index (χ3n) is 5.20. The Morgan fingerprint density at radius 1 is 0.970 bits per heavy atom. The molecule has 1 heterocycles. The van der Waals surface area contributed by atoms with Crippen molar-refractivity contribution in [1.29, 1.82) is 0 Å². The van der Waals surface area contributed by atoms with Gasteiger partial charge in [0, 0.05) is 12.5 Å². The Labute approximate surface area is 190 Å². The third kappa shape index (κ3) is 4.20. The topological polar surface area (TPSA) is 104 Å². The minimum Gasteiger partial charge on any atom is -0.493 e. The lowest BCUT2D eigenvalue weighted by molar-refractivity contribution is -0.386. The van der Waals surface area contributed by atoms with Gasteiger partial charge in [-0.1, -0.05) is 42.5 Å². The van der Waals surface area contributed by atoms with Crippen LogP contribution < -0.4 is 9.47 Å². The highest BCUT2D eigenvalue weighted by Crippen LogP contribution is 2.41. The predicted molar refractivity (Wildman–Crippen MR) is 121 cm³/mol. The second-order valence-electron chi connectivity index (χ2n) is 7.21. The molecule has 1 atom stereocenters. The van der Waals surface area contributed by atoms with Crippen LogP contribution in [0.5, 0.6) is 11.5 Å². The van der Waals surface area contributed by atoms with E-state index in [1.54, 1.807) is 0 Å². The monoisotopic (exact) mass is 447 g/mol. The van der Waals surface area contributed by atoms with Gasteiger partial charge in [-0.25, -0.2) is 0 Å². The summed E-state index contributed by atoms with van der Waals surface area (Å²) in [6.07, 6.45) is -1.13. The number of ether oxygens (including phenoxy) is 3. The van der Waals surface area contributed by atoms with Gasteiger partial charge in [0.05, 0.1) is 30.8 Å². The minimum atomic E-state index is -1.13. The van der Waals surface area contributed by atoms with Crippen LogP contribution in [-0.4, -0.2) is 36.0 Å². The molecule has 0 aromatic heterocycles. The van der Waals surface area contributed by atoms with Gasteiger partial charge >= 0.3 is 0 Å². The van der Waals surface area contributed by atoms with Gasteiger partial charge < -0.3 is 14.2 Å². The summed E-state index contributed by atoms with van der Waals surface area (Å²) in [4.78, 5) is 23.5. The minimum absolute atomic E-state index is 0.118. The number of methoxy groups -OCH3 is 2. The Morgan fingerprint density at radius 3 is 2.12 bits per heavy atom. The van der Waals surface area contributed by atoms with Crippen molar-refractivity contribution < 1.29 is 23.9 Å². The Kier molecular flexibility index (Phi) is 5.95. The largest absolute Gasteiger partial charge is 0.493 e. The number of carbonyl (C=O) groups is 1. The lowest BCUT2D eigenvalue weighted by atomic mass is 10.0. The molecule has 1 amide bonds. The number of hydrogen-bond acceptors (Lipinski definition) is 7. The molecule has 3 aromatic rings. The number of amides is 1. The van der Waals surface area contributed by atoms with E-state index in [0.29, 0.717) is 5.56 Å². The van der Waals surface area contributed by atoms with Crippen LogP contribution in [0.2, 0.25) is 0 Å². The van der Waals surface area contributed by atoms with Crippen molar-refractivity contribution in [2.24, 2.45) is 5.10 Å². The number of nitrogens with zero attached hydrogens (tertiary/aromatic N) is 3. The van der Waals surface area contributed by atoms with E-state index in [1.807, 2.05) is 54.6 Å². The van der Waals surface area contributed by atoms with E-state index in [2.05, 4.69) is 5.10 Å². The second-order valence-corrected chi connectivity index (χ2v) is 7.21. The molecule has 9 nitrogen and oxygen atoms in total. The first-order valence-electron chi connectivity index (χ1n) is 10.0. The fourth-order valence-electron chi connectivity index (χ4n) is 3.56. The molecule has 0 N–H and O–H groups in total. The molecule has 0 spiro atoms. The van der Waals surface area contributed by atoms with Crippen LogP contribution in [0.15, 0.2) is 71.8 Å². The van der Waals surface area contributed by atoms with Crippen molar-refractivity contribution in [3.8, 4) is 22.6 Å². The average Bonchev–Trinajstić information content (AvgIpc) is 3.29. The first-order chi connectivity index (χ1) is 15.9. The van der Waals surface area contributed by atoms with Crippen molar-refractivity contribution >= 4 is 17.5 Å². The molecule has 0 radical (unpaired) electrons. The molecule has 1 aliphatic heterocycles. The van der Waals surface area contributed by atoms with Crippen molar-refractivity contribution in [2.45, 2.75) is 13.2 Å². The first-order valence-corrected chi connectivity index (χ1v) is 10.0. The van der Waals surface area contributed by atoms with Gasteiger partial charge in [0.1, 0.15) is 0 Å². The average molecular weight is 447 g/mol. The molecule has 0 saturated heterocycles. The lowest BCUT2D eigenvalue weighted by Crippen LogP contribution is -2.26. The SMILES string of the molecule is COc1cc([C@@H]2OC(c3ccc(-c4ccccc4)cc3)=NN2C(C)=O)c([N+](=O)[O-])cc1OC. The molecular formula is C24H21N3O6. The Morgan fingerprint density at radius 2 is 1.55 bits per heavy atom. The fraction of sp³-hybridized carbons (Fsp3) is 0.167. The molecule has 0 bridgehead atoms. The number of carbonyl (C=O) groups excluding carboxylic acids is 1. The molecule has 4 rings (SSSR count). The van der Waals surface area contributed by atoms with E-state index in [9.17, 15) is 14.9 Å². The highest BCUT2D eigenvalue weighted by Gasteiger charge is 2.38. The van der Waals surface area contributed by atoms with Gasteiger partial charge in [-0.15, -0.1) is 5.10 Å². The summed E-state index contributed by atoms with van der Waals surface area (Å²) in [6, 6.07) is 20.0. The van der Waals surface area contributed by atoms with E-state index in [-0.39, 0.29) is 28.6 Å². The summed E-state index contributed by atoms with van der Waals surface area (Å²) in [5, 5.41) is 17.1. The van der Waals surface area contributed by atoms with Gasteiger partial charge in [-0.2, -0.15) is 5.01 Å². The maximum absolute atomic E-state index is 12.3. The lowest BCUT2D eigenvalue weighted by Gasteiger charge is -2.20. The highest BCUT2D eigenvalue weighted by molar-refractivity contribution is 5.97. The van der Waals surface area contributed by atoms with Gasteiger partial charge in [0.2, 0.25) is 18.0 Å². The summed E-state index contributed by atoms with van der Waals surface area (Å²) in [5.41, 5.74) is 2.54. The van der Waals surface area contributed by atoms with E-state index in [4.69, 9.17) is 14.2 Å². The second kappa shape index (κ2) is 8.99. The Bertz CT molecular complexity index is 1220. The highest BCUT2D eigenvalue weighted by atomic mass is 16.6. The number of rotatable bonds is 6. The van der Waals surface area contributed by atoms with Crippen LogP contribution in [0, 0.1) is 10.1 Å². The molecule has 9 heteroatoms. The van der Waals surface area contributed by atoms with Crippen LogP contribution in [-0.2, 0) is 9.53 Å². The molecule has 33 heavy (non-hydrogen) atoms. The molecule has 168 valence electrons. The maximum Gasteiger partial charge on any atom is 0.282 e. The third-order valence-corrected chi connectivity index (χ3v) is 5.20. The van der Waals surface area contributed by atoms with Gasteiger partial charge in [-0.05, 0) is 29.3 Å². The summed E-state index contributed by atoms with van der Waals surface area (Å²) < 4.78 is 16.4. The standard InChI is InChI=1S/C24H21N3O6/c1-15(28)26-24(19-13-21(31-2)22(32-3)14-20(19)27(29)30)33-23(25-26)18-11-9-17(10-12-18)16-7-5-4-6-8-16/h4-14,24H,1-3H3/t24-/m0/s1. The van der Waals surface area contributed by atoms with Crippen LogP contribution in [0.3, 0.4) is 0 Å². The van der Waals surface area contributed by atoms with Crippen LogP contribution in [0.1, 0.15) is 24.3 Å². The molecule has 0 saturated carbocycles. The summed E-state index contributed by atoms with van der Waals surface area (Å²) in [5.74, 6) is 0.211. The number of hydrogen-bond donors (Lipinski definition) is 0. The molecule has 0 aliphatic carbocycles.